The van der Waals surface area contributed by atoms with E-state index in [2.05, 4.69) is 30.6 Å². The van der Waals surface area contributed by atoms with E-state index in [1.165, 1.54) is 3.97 Å². The summed E-state index contributed by atoms with van der Waals surface area (Å²) in [6, 6.07) is 12.8. The van der Waals surface area contributed by atoms with Crippen LogP contribution >= 0.6 is 0 Å². The van der Waals surface area contributed by atoms with E-state index >= 15 is 0 Å². The molecule has 166 valence electrons. The van der Waals surface area contributed by atoms with Crippen LogP contribution in [0.25, 0.3) is 10.9 Å². The second kappa shape index (κ2) is 8.55. The zero-order valence-corrected chi connectivity index (χ0v) is 19.5. The van der Waals surface area contributed by atoms with Crippen LogP contribution in [0.2, 0.25) is 0 Å². The highest BCUT2D eigenvalue weighted by Crippen LogP contribution is 2.35. The molecule has 0 N–H and O–H groups in total. The van der Waals surface area contributed by atoms with E-state index in [0.29, 0.717) is 16.3 Å². The van der Waals surface area contributed by atoms with Gasteiger partial charge in [-0.15, -0.1) is 0 Å². The van der Waals surface area contributed by atoms with E-state index in [-0.39, 0.29) is 0 Å². The van der Waals surface area contributed by atoms with Crippen LogP contribution in [0, 0.1) is 0 Å². The summed E-state index contributed by atoms with van der Waals surface area (Å²) in [4.78, 5) is 4.98. The Kier molecular flexibility index (Phi) is 5.99. The van der Waals surface area contributed by atoms with Gasteiger partial charge in [0, 0.05) is 37.8 Å². The monoisotopic (exact) mass is 441 g/mol. The van der Waals surface area contributed by atoms with Gasteiger partial charge in [0.05, 0.1) is 23.2 Å². The fourth-order valence-electron chi connectivity index (χ4n) is 4.18. The molecular formula is C24H31N3O3S. The molecule has 3 aromatic rings. The SMILES string of the molecule is CCN1CCN(c2cn(S(=O)(=O)c3ccc(C(C)C)cc3)c3ccc(OC)cc23)CC1. The molecule has 1 saturated heterocycles. The van der Waals surface area contributed by atoms with Crippen LogP contribution in [0.1, 0.15) is 32.3 Å². The van der Waals surface area contributed by atoms with Gasteiger partial charge >= 0.3 is 0 Å². The second-order valence-corrected chi connectivity index (χ2v) is 10.2. The van der Waals surface area contributed by atoms with Gasteiger partial charge in [-0.05, 0) is 48.4 Å². The molecule has 0 amide bonds. The average molecular weight is 442 g/mol. The molecule has 4 rings (SSSR count). The fraction of sp³-hybridized carbons (Fsp3) is 0.417. The number of hydrogen-bond donors (Lipinski definition) is 0. The number of likely N-dealkylation sites (N-methyl/N-ethyl adjacent to an activating group) is 1. The van der Waals surface area contributed by atoms with Crippen LogP contribution in [-0.4, -0.2) is 57.1 Å². The summed E-state index contributed by atoms with van der Waals surface area (Å²) < 4.78 is 34.0. The Labute approximate surface area is 185 Å². The molecule has 1 aliphatic rings. The van der Waals surface area contributed by atoms with Crippen molar-refractivity contribution in [3.63, 3.8) is 0 Å². The molecule has 2 aromatic carbocycles. The molecule has 6 nitrogen and oxygen atoms in total. The molecule has 7 heteroatoms. The molecule has 0 saturated carbocycles. The van der Waals surface area contributed by atoms with Crippen LogP contribution in [0.5, 0.6) is 5.75 Å². The number of nitrogens with zero attached hydrogens (tertiary/aromatic N) is 3. The van der Waals surface area contributed by atoms with Crippen LogP contribution in [0.4, 0.5) is 5.69 Å². The lowest BCUT2D eigenvalue weighted by atomic mass is 10.0. The Hall–Kier alpha value is -2.51. The summed E-state index contributed by atoms with van der Waals surface area (Å²) in [5, 5.41) is 0.895. The molecule has 0 atom stereocenters. The van der Waals surface area contributed by atoms with Gasteiger partial charge in [-0.3, -0.25) is 0 Å². The molecule has 1 aromatic heterocycles. The minimum Gasteiger partial charge on any atom is -0.497 e. The van der Waals surface area contributed by atoms with Crippen molar-refractivity contribution < 1.29 is 13.2 Å². The van der Waals surface area contributed by atoms with Gasteiger partial charge in [-0.2, -0.15) is 0 Å². The van der Waals surface area contributed by atoms with E-state index in [1.807, 2.05) is 30.3 Å². The first kappa shape index (κ1) is 21.7. The lowest BCUT2D eigenvalue weighted by molar-refractivity contribution is 0.271. The highest BCUT2D eigenvalue weighted by atomic mass is 32.2. The lowest BCUT2D eigenvalue weighted by Gasteiger charge is -2.35. The van der Waals surface area contributed by atoms with Gasteiger partial charge in [-0.25, -0.2) is 12.4 Å². The third-order valence-electron chi connectivity index (χ3n) is 6.22. The number of aromatic nitrogens is 1. The standard InChI is InChI=1S/C24H31N3O3S/c1-5-25-12-14-26(15-13-25)24-17-27(23-11-8-20(30-4)16-22(23)24)31(28,29)21-9-6-19(7-10-21)18(2)3/h6-11,16-18H,5,12-15H2,1-4H3. The molecular weight excluding hydrogens is 410 g/mol. The minimum atomic E-state index is -3.72. The van der Waals surface area contributed by atoms with Crippen molar-refractivity contribution in [3.05, 3.63) is 54.2 Å². The number of methoxy groups -OCH3 is 1. The van der Waals surface area contributed by atoms with Gasteiger partial charge in [0.2, 0.25) is 0 Å². The lowest BCUT2D eigenvalue weighted by Crippen LogP contribution is -2.46. The highest BCUT2D eigenvalue weighted by molar-refractivity contribution is 7.90. The van der Waals surface area contributed by atoms with Crippen molar-refractivity contribution in [2.75, 3.05) is 44.7 Å². The van der Waals surface area contributed by atoms with Crippen molar-refractivity contribution in [1.82, 2.24) is 8.87 Å². The van der Waals surface area contributed by atoms with Gasteiger partial charge < -0.3 is 14.5 Å². The molecule has 31 heavy (non-hydrogen) atoms. The maximum absolute atomic E-state index is 13.6. The van der Waals surface area contributed by atoms with Crippen molar-refractivity contribution in [1.29, 1.82) is 0 Å². The summed E-state index contributed by atoms with van der Waals surface area (Å²) in [6.07, 6.45) is 1.78. The molecule has 0 spiro atoms. The smallest absolute Gasteiger partial charge is 0.268 e. The third kappa shape index (κ3) is 4.04. The molecule has 0 aliphatic carbocycles. The predicted molar refractivity (Wildman–Crippen MR) is 126 cm³/mol. The molecule has 0 bridgehead atoms. The Bertz CT molecular complexity index is 1160. The Morgan fingerprint density at radius 2 is 1.68 bits per heavy atom. The van der Waals surface area contributed by atoms with Gasteiger partial charge in [0.15, 0.2) is 0 Å². The molecule has 2 heterocycles. The minimum absolute atomic E-state index is 0.298. The average Bonchev–Trinajstić information content (AvgIpc) is 3.18. The normalized spacial score (nSPS) is 15.7. The summed E-state index contributed by atoms with van der Waals surface area (Å²) in [6.45, 7) is 11.1. The second-order valence-electron chi connectivity index (χ2n) is 8.34. The van der Waals surface area contributed by atoms with E-state index in [4.69, 9.17) is 4.74 Å². The zero-order chi connectivity index (χ0) is 22.2. The number of fused-ring (bicyclic) bond motifs is 1. The van der Waals surface area contributed by atoms with E-state index < -0.39 is 10.0 Å². The van der Waals surface area contributed by atoms with E-state index in [0.717, 1.165) is 55.1 Å². The topological polar surface area (TPSA) is 54.8 Å². The third-order valence-corrected chi connectivity index (χ3v) is 7.91. The van der Waals surface area contributed by atoms with E-state index in [1.54, 1.807) is 25.4 Å². The van der Waals surface area contributed by atoms with Crippen LogP contribution in [-0.2, 0) is 10.0 Å². The number of piperazine rings is 1. The largest absolute Gasteiger partial charge is 0.497 e. The first-order valence-electron chi connectivity index (χ1n) is 10.9. The predicted octanol–water partition coefficient (Wildman–Crippen LogP) is 4.15. The van der Waals surface area contributed by atoms with Crippen LogP contribution < -0.4 is 9.64 Å². The van der Waals surface area contributed by atoms with Gasteiger partial charge in [0.25, 0.3) is 10.0 Å². The van der Waals surface area contributed by atoms with E-state index in [9.17, 15) is 8.42 Å². The first-order chi connectivity index (χ1) is 14.8. The highest BCUT2D eigenvalue weighted by Gasteiger charge is 2.25. The number of rotatable bonds is 6. The van der Waals surface area contributed by atoms with Gasteiger partial charge in [-0.1, -0.05) is 32.9 Å². The quantitative estimate of drug-likeness (QED) is 0.575. The van der Waals surface area contributed by atoms with Crippen LogP contribution in [0.15, 0.2) is 53.6 Å². The molecule has 1 fully saturated rings. The number of ether oxygens (including phenoxy) is 1. The maximum atomic E-state index is 13.6. The molecule has 1 aliphatic heterocycles. The van der Waals surface area contributed by atoms with Crippen molar-refractivity contribution >= 4 is 26.6 Å². The maximum Gasteiger partial charge on any atom is 0.268 e. The zero-order valence-electron chi connectivity index (χ0n) is 18.7. The fourth-order valence-corrected chi connectivity index (χ4v) is 5.55. The molecule has 0 radical (unpaired) electrons. The Morgan fingerprint density at radius 1 is 1.00 bits per heavy atom. The Balaban J connectivity index is 1.80. The van der Waals surface area contributed by atoms with Crippen molar-refractivity contribution in [2.45, 2.75) is 31.6 Å². The number of anilines is 1. The summed E-state index contributed by atoms with van der Waals surface area (Å²) in [5.74, 6) is 1.07. The van der Waals surface area contributed by atoms with Crippen LogP contribution in [0.3, 0.4) is 0 Å². The van der Waals surface area contributed by atoms with Gasteiger partial charge in [0.1, 0.15) is 5.75 Å². The number of hydrogen-bond acceptors (Lipinski definition) is 5. The summed E-state index contributed by atoms with van der Waals surface area (Å²) >= 11 is 0. The Morgan fingerprint density at radius 3 is 2.26 bits per heavy atom. The number of benzene rings is 2. The first-order valence-corrected chi connectivity index (χ1v) is 12.3. The summed E-state index contributed by atoms with van der Waals surface area (Å²) in [7, 11) is -2.09. The van der Waals surface area contributed by atoms with Crippen molar-refractivity contribution in [3.8, 4) is 5.75 Å². The summed E-state index contributed by atoms with van der Waals surface area (Å²) in [5.41, 5.74) is 2.73. The van der Waals surface area contributed by atoms with Crippen molar-refractivity contribution in [2.24, 2.45) is 0 Å². The molecule has 0 unspecified atom stereocenters.